The van der Waals surface area contributed by atoms with E-state index >= 15 is 0 Å². The van der Waals surface area contributed by atoms with E-state index in [0.717, 1.165) is 5.75 Å². The summed E-state index contributed by atoms with van der Waals surface area (Å²) in [4.78, 5) is 0. The molecule has 1 aromatic carbocycles. The van der Waals surface area contributed by atoms with E-state index in [1.165, 1.54) is 11.1 Å². The van der Waals surface area contributed by atoms with E-state index in [9.17, 15) is 0 Å². The van der Waals surface area contributed by atoms with Crippen LogP contribution in [0.25, 0.3) is 6.08 Å². The molecule has 1 rings (SSSR count). The molecule has 0 aliphatic heterocycles. The van der Waals surface area contributed by atoms with Crippen molar-refractivity contribution < 1.29 is 0 Å². The lowest BCUT2D eigenvalue weighted by atomic mass is 10.1. The highest BCUT2D eigenvalue weighted by Gasteiger charge is 1.89. The molecule has 68 valence electrons. The summed E-state index contributed by atoms with van der Waals surface area (Å²) < 4.78 is 0. The van der Waals surface area contributed by atoms with Gasteiger partial charge in [0.2, 0.25) is 0 Å². The highest BCUT2D eigenvalue weighted by Crippen LogP contribution is 2.08. The minimum atomic E-state index is 0.797. The van der Waals surface area contributed by atoms with E-state index < -0.39 is 0 Å². The van der Waals surface area contributed by atoms with Crippen LogP contribution in [0.2, 0.25) is 0 Å². The second kappa shape index (κ2) is 5.65. The molecule has 0 spiro atoms. The van der Waals surface area contributed by atoms with Crippen LogP contribution in [-0.4, -0.2) is 0 Å². The summed E-state index contributed by atoms with van der Waals surface area (Å²) in [6, 6.07) is 8.38. The third kappa shape index (κ3) is 3.51. The minimum Gasteiger partial charge on any atom is -0.175 e. The predicted molar refractivity (Wildman–Crippen MR) is 63.0 cm³/mol. The third-order valence-corrected chi connectivity index (χ3v) is 2.09. The van der Waals surface area contributed by atoms with Gasteiger partial charge in [-0.25, -0.2) is 0 Å². The Hall–Kier alpha value is -0.950. The van der Waals surface area contributed by atoms with Gasteiger partial charge in [-0.1, -0.05) is 48.6 Å². The van der Waals surface area contributed by atoms with Gasteiger partial charge in [-0.05, 0) is 18.1 Å². The fourth-order valence-electron chi connectivity index (χ4n) is 1.07. The van der Waals surface area contributed by atoms with Gasteiger partial charge in [0.25, 0.3) is 0 Å². The van der Waals surface area contributed by atoms with Gasteiger partial charge in [0.05, 0.1) is 0 Å². The van der Waals surface area contributed by atoms with Gasteiger partial charge in [-0.3, -0.25) is 0 Å². The number of thiol groups is 1. The van der Waals surface area contributed by atoms with Crippen LogP contribution in [0.4, 0.5) is 0 Å². The van der Waals surface area contributed by atoms with E-state index in [0.29, 0.717) is 0 Å². The van der Waals surface area contributed by atoms with Crippen LogP contribution in [0.15, 0.2) is 42.5 Å². The highest BCUT2D eigenvalue weighted by molar-refractivity contribution is 7.79. The molecule has 1 aromatic rings. The first-order chi connectivity index (χ1) is 6.36. The molecular formula is C12H14S. The second-order valence-corrected chi connectivity index (χ2v) is 3.10. The van der Waals surface area contributed by atoms with Crippen molar-refractivity contribution in [3.05, 3.63) is 53.6 Å². The van der Waals surface area contributed by atoms with Crippen molar-refractivity contribution >= 4 is 18.7 Å². The van der Waals surface area contributed by atoms with Crippen molar-refractivity contribution in [1.82, 2.24) is 0 Å². The lowest BCUT2D eigenvalue weighted by Gasteiger charge is -1.96. The van der Waals surface area contributed by atoms with Gasteiger partial charge in [0.1, 0.15) is 0 Å². The normalized spacial score (nSPS) is 11.5. The molecular weight excluding hydrogens is 176 g/mol. The monoisotopic (exact) mass is 190 g/mol. The quantitative estimate of drug-likeness (QED) is 0.545. The molecule has 0 fully saturated rings. The Labute approximate surface area is 85.4 Å². The van der Waals surface area contributed by atoms with Crippen LogP contribution in [0.1, 0.15) is 18.1 Å². The van der Waals surface area contributed by atoms with Gasteiger partial charge < -0.3 is 0 Å². The largest absolute Gasteiger partial charge is 0.175 e. The van der Waals surface area contributed by atoms with Crippen molar-refractivity contribution in [2.75, 3.05) is 0 Å². The summed E-state index contributed by atoms with van der Waals surface area (Å²) >= 11 is 4.23. The summed E-state index contributed by atoms with van der Waals surface area (Å²) in [5.74, 6) is 0.797. The molecule has 13 heavy (non-hydrogen) atoms. The van der Waals surface area contributed by atoms with E-state index in [4.69, 9.17) is 0 Å². The fraction of sp³-hybridized carbons (Fsp3) is 0.167. The fourth-order valence-corrected chi connectivity index (χ4v) is 1.27. The summed E-state index contributed by atoms with van der Waals surface area (Å²) in [5.41, 5.74) is 2.48. The van der Waals surface area contributed by atoms with Crippen LogP contribution in [0, 0.1) is 0 Å². The number of hydrogen-bond acceptors (Lipinski definition) is 1. The maximum absolute atomic E-state index is 4.23. The van der Waals surface area contributed by atoms with Crippen LogP contribution in [0.3, 0.4) is 0 Å². The SMILES string of the molecule is C/C=C\C=C/c1cccc(CS)c1. The summed E-state index contributed by atoms with van der Waals surface area (Å²) in [6.45, 7) is 2.01. The molecule has 0 aliphatic rings. The maximum atomic E-state index is 4.23. The number of allylic oxidation sites excluding steroid dienone is 3. The Morgan fingerprint density at radius 1 is 1.31 bits per heavy atom. The van der Waals surface area contributed by atoms with Gasteiger partial charge in [0.15, 0.2) is 0 Å². The summed E-state index contributed by atoms with van der Waals surface area (Å²) in [5, 5.41) is 0. The van der Waals surface area contributed by atoms with Crippen molar-refractivity contribution in [2.24, 2.45) is 0 Å². The van der Waals surface area contributed by atoms with Gasteiger partial charge >= 0.3 is 0 Å². The molecule has 0 nitrogen and oxygen atoms in total. The van der Waals surface area contributed by atoms with Crippen LogP contribution in [-0.2, 0) is 5.75 Å². The zero-order valence-electron chi connectivity index (χ0n) is 7.77. The van der Waals surface area contributed by atoms with E-state index in [-0.39, 0.29) is 0 Å². The third-order valence-electron chi connectivity index (χ3n) is 1.73. The topological polar surface area (TPSA) is 0 Å². The van der Waals surface area contributed by atoms with E-state index in [2.05, 4.69) is 43.0 Å². The Balaban J connectivity index is 2.77. The molecule has 0 saturated heterocycles. The zero-order chi connectivity index (χ0) is 9.52. The Bertz CT molecular complexity index is 311. The first-order valence-corrected chi connectivity index (χ1v) is 4.99. The second-order valence-electron chi connectivity index (χ2n) is 2.79. The zero-order valence-corrected chi connectivity index (χ0v) is 8.67. The predicted octanol–water partition coefficient (Wildman–Crippen LogP) is 3.71. The molecule has 0 heterocycles. The van der Waals surface area contributed by atoms with Crippen molar-refractivity contribution in [1.29, 1.82) is 0 Å². The summed E-state index contributed by atoms with van der Waals surface area (Å²) in [7, 11) is 0. The highest BCUT2D eigenvalue weighted by atomic mass is 32.1. The molecule has 0 unspecified atom stereocenters. The Kier molecular flexibility index (Phi) is 4.41. The first kappa shape index (κ1) is 10.1. The molecule has 0 N–H and O–H groups in total. The first-order valence-electron chi connectivity index (χ1n) is 4.36. The smallest absolute Gasteiger partial charge is 0.0154 e. The lowest BCUT2D eigenvalue weighted by Crippen LogP contribution is -1.78. The standard InChI is InChI=1S/C12H14S/c1-2-3-4-6-11-7-5-8-12(9-11)10-13/h2-9,13H,10H2,1H3/b3-2-,6-4-. The van der Waals surface area contributed by atoms with Gasteiger partial charge in [0, 0.05) is 5.75 Å². The molecule has 1 heteroatoms. The molecule has 0 radical (unpaired) electrons. The molecule has 0 amide bonds. The van der Waals surface area contributed by atoms with E-state index in [1.54, 1.807) is 0 Å². The van der Waals surface area contributed by atoms with Gasteiger partial charge in [-0.2, -0.15) is 12.6 Å². The number of benzene rings is 1. The Morgan fingerprint density at radius 3 is 2.85 bits per heavy atom. The van der Waals surface area contributed by atoms with Gasteiger partial charge in [-0.15, -0.1) is 0 Å². The average Bonchev–Trinajstić information content (AvgIpc) is 2.19. The Morgan fingerprint density at radius 2 is 2.15 bits per heavy atom. The molecule has 0 saturated carbocycles. The van der Waals surface area contributed by atoms with Crippen molar-refractivity contribution in [3.63, 3.8) is 0 Å². The lowest BCUT2D eigenvalue weighted by molar-refractivity contribution is 1.42. The van der Waals surface area contributed by atoms with E-state index in [1.807, 2.05) is 25.2 Å². The molecule has 0 bridgehead atoms. The van der Waals surface area contributed by atoms with Crippen molar-refractivity contribution in [3.8, 4) is 0 Å². The van der Waals surface area contributed by atoms with Crippen LogP contribution in [0.5, 0.6) is 0 Å². The van der Waals surface area contributed by atoms with Crippen LogP contribution < -0.4 is 0 Å². The molecule has 0 atom stereocenters. The average molecular weight is 190 g/mol. The number of hydrogen-bond donors (Lipinski definition) is 1. The minimum absolute atomic E-state index is 0.797. The van der Waals surface area contributed by atoms with Crippen molar-refractivity contribution in [2.45, 2.75) is 12.7 Å². The summed E-state index contributed by atoms with van der Waals surface area (Å²) in [6.07, 6.45) is 8.16. The van der Waals surface area contributed by atoms with Crippen LogP contribution >= 0.6 is 12.6 Å². The molecule has 0 aromatic heterocycles. The molecule has 0 aliphatic carbocycles. The maximum Gasteiger partial charge on any atom is 0.0154 e. The number of rotatable bonds is 3.